The summed E-state index contributed by atoms with van der Waals surface area (Å²) >= 11 is 0. The van der Waals surface area contributed by atoms with Gasteiger partial charge in [0, 0.05) is 38.8 Å². The minimum atomic E-state index is 0.148. The maximum absolute atomic E-state index is 9.85. The van der Waals surface area contributed by atoms with Gasteiger partial charge in [-0.05, 0) is 51.0 Å². The van der Waals surface area contributed by atoms with Crippen LogP contribution in [0.25, 0.3) is 0 Å². The number of methoxy groups -OCH3 is 1. The Kier molecular flexibility index (Phi) is 6.11. The molecule has 2 rings (SSSR count). The number of aliphatic hydroxyl groups excluding tert-OH is 1. The van der Waals surface area contributed by atoms with Gasteiger partial charge in [0.2, 0.25) is 0 Å². The van der Waals surface area contributed by atoms with E-state index < -0.39 is 0 Å². The number of hydrogen-bond acceptors (Lipinski definition) is 3. The third kappa shape index (κ3) is 4.44. The molecule has 19 heavy (non-hydrogen) atoms. The highest BCUT2D eigenvalue weighted by Crippen LogP contribution is 2.35. The summed E-state index contributed by atoms with van der Waals surface area (Å²) in [5.74, 6) is 0.925. The fraction of sp³-hybridized carbons (Fsp3) is 1.00. The molecule has 3 nitrogen and oxygen atoms in total. The van der Waals surface area contributed by atoms with E-state index >= 15 is 0 Å². The zero-order valence-corrected chi connectivity index (χ0v) is 12.6. The fourth-order valence-electron chi connectivity index (χ4n) is 4.03. The average Bonchev–Trinajstić information content (AvgIpc) is 2.92. The van der Waals surface area contributed by atoms with Gasteiger partial charge in [-0.25, -0.2) is 0 Å². The molecule has 1 aliphatic carbocycles. The summed E-state index contributed by atoms with van der Waals surface area (Å²) in [6.07, 6.45) is 10.3. The summed E-state index contributed by atoms with van der Waals surface area (Å²) in [6, 6.07) is 0. The highest BCUT2D eigenvalue weighted by molar-refractivity contribution is 4.88. The quantitative estimate of drug-likeness (QED) is 0.721. The van der Waals surface area contributed by atoms with Gasteiger partial charge in [-0.15, -0.1) is 0 Å². The van der Waals surface area contributed by atoms with Crippen LogP contribution in [0.1, 0.15) is 51.4 Å². The molecule has 1 N–H and O–H groups in total. The molecule has 0 amide bonds. The number of nitrogens with zero attached hydrogens (tertiary/aromatic N) is 1. The molecule has 0 aromatic rings. The van der Waals surface area contributed by atoms with Crippen molar-refractivity contribution in [1.29, 1.82) is 0 Å². The third-order valence-electron chi connectivity index (χ3n) is 5.12. The smallest absolute Gasteiger partial charge is 0.0499 e. The first-order valence-corrected chi connectivity index (χ1v) is 8.10. The van der Waals surface area contributed by atoms with E-state index in [0.717, 1.165) is 31.9 Å². The van der Waals surface area contributed by atoms with Crippen LogP contribution in [0.4, 0.5) is 0 Å². The molecular weight excluding hydrogens is 238 g/mol. The molecule has 0 radical (unpaired) electrons. The SMILES string of the molecule is COCCCC1(CO)CCCN(CC2CCCC2)C1. The maximum atomic E-state index is 9.85. The second-order valence-corrected chi connectivity index (χ2v) is 6.74. The Balaban J connectivity index is 1.82. The molecule has 112 valence electrons. The van der Waals surface area contributed by atoms with Crippen LogP contribution < -0.4 is 0 Å². The van der Waals surface area contributed by atoms with E-state index in [4.69, 9.17) is 4.74 Å². The van der Waals surface area contributed by atoms with Crippen LogP contribution in [0.5, 0.6) is 0 Å². The Morgan fingerprint density at radius 1 is 1.26 bits per heavy atom. The van der Waals surface area contributed by atoms with Crippen molar-refractivity contribution in [2.45, 2.75) is 51.4 Å². The summed E-state index contributed by atoms with van der Waals surface area (Å²) in [5.41, 5.74) is 0.148. The zero-order chi connectivity index (χ0) is 13.6. The molecule has 1 saturated carbocycles. The molecule has 1 saturated heterocycles. The van der Waals surface area contributed by atoms with Gasteiger partial charge >= 0.3 is 0 Å². The number of likely N-dealkylation sites (tertiary alicyclic amines) is 1. The van der Waals surface area contributed by atoms with Crippen molar-refractivity contribution in [3.05, 3.63) is 0 Å². The summed E-state index contributed by atoms with van der Waals surface area (Å²) < 4.78 is 5.16. The van der Waals surface area contributed by atoms with E-state index in [1.807, 2.05) is 0 Å². The van der Waals surface area contributed by atoms with Crippen LogP contribution >= 0.6 is 0 Å². The molecule has 1 heterocycles. The largest absolute Gasteiger partial charge is 0.396 e. The molecule has 2 aliphatic rings. The molecule has 1 aliphatic heterocycles. The van der Waals surface area contributed by atoms with Gasteiger partial charge in [0.25, 0.3) is 0 Å². The fourth-order valence-corrected chi connectivity index (χ4v) is 4.03. The Hall–Kier alpha value is -0.120. The highest BCUT2D eigenvalue weighted by atomic mass is 16.5. The summed E-state index contributed by atoms with van der Waals surface area (Å²) in [7, 11) is 1.76. The lowest BCUT2D eigenvalue weighted by Crippen LogP contribution is -2.46. The zero-order valence-electron chi connectivity index (χ0n) is 12.6. The van der Waals surface area contributed by atoms with Gasteiger partial charge in [-0.1, -0.05) is 12.8 Å². The lowest BCUT2D eigenvalue weighted by Gasteiger charge is -2.43. The number of aliphatic hydroxyl groups is 1. The summed E-state index contributed by atoms with van der Waals surface area (Å²) in [6.45, 7) is 4.78. The third-order valence-corrected chi connectivity index (χ3v) is 5.12. The molecule has 0 spiro atoms. The molecule has 1 atom stereocenters. The van der Waals surface area contributed by atoms with Crippen LogP contribution in [-0.2, 0) is 4.74 Å². The minimum Gasteiger partial charge on any atom is -0.396 e. The Morgan fingerprint density at radius 3 is 2.74 bits per heavy atom. The topological polar surface area (TPSA) is 32.7 Å². The Labute approximate surface area is 118 Å². The number of ether oxygens (including phenoxy) is 1. The molecule has 2 fully saturated rings. The van der Waals surface area contributed by atoms with Crippen LogP contribution in [0.3, 0.4) is 0 Å². The minimum absolute atomic E-state index is 0.148. The van der Waals surface area contributed by atoms with Crippen LogP contribution in [-0.4, -0.2) is 50.0 Å². The van der Waals surface area contributed by atoms with Gasteiger partial charge in [-0.2, -0.15) is 0 Å². The normalized spacial score (nSPS) is 30.0. The second kappa shape index (κ2) is 7.61. The van der Waals surface area contributed by atoms with E-state index in [-0.39, 0.29) is 5.41 Å². The Bertz CT molecular complexity index is 253. The predicted octanol–water partition coefficient (Wildman–Crippen LogP) is 2.68. The van der Waals surface area contributed by atoms with Crippen LogP contribution in [0.15, 0.2) is 0 Å². The lowest BCUT2D eigenvalue weighted by molar-refractivity contribution is 0.0136. The van der Waals surface area contributed by atoms with E-state index in [9.17, 15) is 5.11 Å². The van der Waals surface area contributed by atoms with Crippen LogP contribution in [0, 0.1) is 11.3 Å². The standard InChI is InChI=1S/C16H31NO2/c1-19-11-5-9-16(14-18)8-4-10-17(13-16)12-15-6-2-3-7-15/h15,18H,2-14H2,1H3. The van der Waals surface area contributed by atoms with Crippen molar-refractivity contribution in [2.75, 3.05) is 40.0 Å². The first-order chi connectivity index (χ1) is 9.28. The van der Waals surface area contributed by atoms with Crippen molar-refractivity contribution in [2.24, 2.45) is 11.3 Å². The lowest BCUT2D eigenvalue weighted by atomic mass is 9.76. The van der Waals surface area contributed by atoms with Gasteiger partial charge < -0.3 is 14.7 Å². The second-order valence-electron chi connectivity index (χ2n) is 6.74. The summed E-state index contributed by atoms with van der Waals surface area (Å²) in [4.78, 5) is 2.63. The van der Waals surface area contributed by atoms with Crippen molar-refractivity contribution in [1.82, 2.24) is 4.90 Å². The average molecular weight is 269 g/mol. The number of hydrogen-bond donors (Lipinski definition) is 1. The first-order valence-electron chi connectivity index (χ1n) is 8.10. The Morgan fingerprint density at radius 2 is 2.05 bits per heavy atom. The van der Waals surface area contributed by atoms with Crippen molar-refractivity contribution in [3.8, 4) is 0 Å². The van der Waals surface area contributed by atoms with Crippen LogP contribution in [0.2, 0.25) is 0 Å². The molecule has 0 bridgehead atoms. The first kappa shape index (κ1) is 15.3. The van der Waals surface area contributed by atoms with E-state index in [2.05, 4.69) is 4.90 Å². The van der Waals surface area contributed by atoms with Gasteiger partial charge in [0.15, 0.2) is 0 Å². The van der Waals surface area contributed by atoms with Gasteiger partial charge in [-0.3, -0.25) is 0 Å². The van der Waals surface area contributed by atoms with Crippen molar-refractivity contribution < 1.29 is 9.84 Å². The van der Waals surface area contributed by atoms with Gasteiger partial charge in [0.1, 0.15) is 0 Å². The van der Waals surface area contributed by atoms with Crippen molar-refractivity contribution in [3.63, 3.8) is 0 Å². The van der Waals surface area contributed by atoms with Crippen molar-refractivity contribution >= 4 is 0 Å². The molecule has 0 aromatic heterocycles. The van der Waals surface area contributed by atoms with E-state index in [1.54, 1.807) is 7.11 Å². The molecule has 0 aromatic carbocycles. The summed E-state index contributed by atoms with van der Waals surface area (Å²) in [5, 5.41) is 9.85. The highest BCUT2D eigenvalue weighted by Gasteiger charge is 2.35. The predicted molar refractivity (Wildman–Crippen MR) is 78.3 cm³/mol. The monoisotopic (exact) mass is 269 g/mol. The van der Waals surface area contributed by atoms with E-state index in [1.165, 1.54) is 51.6 Å². The molecular formula is C16H31NO2. The number of rotatable bonds is 7. The molecule has 3 heteroatoms. The molecule has 1 unspecified atom stereocenters. The van der Waals surface area contributed by atoms with Gasteiger partial charge in [0.05, 0.1) is 0 Å². The van der Waals surface area contributed by atoms with E-state index in [0.29, 0.717) is 6.61 Å². The number of piperidine rings is 1. The maximum Gasteiger partial charge on any atom is 0.0499 e.